The molecule has 2 aromatic rings. The number of nitrogens with one attached hydrogen (secondary N) is 3. The van der Waals surface area contributed by atoms with Gasteiger partial charge < -0.3 is 10.1 Å². The number of carbonyl (C=O) groups excluding carboxylic acids is 1. The molecule has 1 fully saturated rings. The highest BCUT2D eigenvalue weighted by atomic mass is 16.5. The van der Waals surface area contributed by atoms with Crippen molar-refractivity contribution >= 4 is 11.6 Å². The molecule has 0 spiro atoms. The van der Waals surface area contributed by atoms with E-state index in [2.05, 4.69) is 16.2 Å². The minimum absolute atomic E-state index is 0.0211. The van der Waals surface area contributed by atoms with Crippen molar-refractivity contribution in [1.82, 2.24) is 10.9 Å². The lowest BCUT2D eigenvalue weighted by Crippen LogP contribution is -2.39. The van der Waals surface area contributed by atoms with E-state index >= 15 is 0 Å². The summed E-state index contributed by atoms with van der Waals surface area (Å²) in [7, 11) is 1.65. The molecule has 3 N–H and O–H groups in total. The standard InChI is InChI=1S/C19H23N3O2/c1-12-4-5-13(2)16(10-12)20-19(23)18-11-17(21-22-18)14-6-8-15(24-3)9-7-14/h4-10,17-18,21-22H,11H2,1-3H3,(H,20,23). The van der Waals surface area contributed by atoms with Gasteiger partial charge in [-0.15, -0.1) is 0 Å². The van der Waals surface area contributed by atoms with Gasteiger partial charge in [0.2, 0.25) is 5.91 Å². The van der Waals surface area contributed by atoms with E-state index in [0.717, 1.165) is 28.1 Å². The molecular weight excluding hydrogens is 302 g/mol. The Morgan fingerprint density at radius 2 is 1.88 bits per heavy atom. The molecule has 0 radical (unpaired) electrons. The van der Waals surface area contributed by atoms with Crippen molar-refractivity contribution in [3.63, 3.8) is 0 Å². The molecule has 1 aliphatic heterocycles. The van der Waals surface area contributed by atoms with Crippen LogP contribution in [0.3, 0.4) is 0 Å². The van der Waals surface area contributed by atoms with Crippen LogP contribution in [0.1, 0.15) is 29.2 Å². The third-order valence-electron chi connectivity index (χ3n) is 4.39. The van der Waals surface area contributed by atoms with Crippen molar-refractivity contribution in [2.24, 2.45) is 0 Å². The van der Waals surface area contributed by atoms with Crippen molar-refractivity contribution in [3.8, 4) is 5.75 Å². The molecule has 0 aromatic heterocycles. The zero-order valence-corrected chi connectivity index (χ0v) is 14.2. The molecule has 1 saturated heterocycles. The smallest absolute Gasteiger partial charge is 0.242 e. The summed E-state index contributed by atoms with van der Waals surface area (Å²) in [5.74, 6) is 0.807. The second kappa shape index (κ2) is 7.03. The van der Waals surface area contributed by atoms with Crippen LogP contribution < -0.4 is 20.9 Å². The molecule has 0 saturated carbocycles. The average molecular weight is 325 g/mol. The fraction of sp³-hybridized carbons (Fsp3) is 0.316. The molecule has 126 valence electrons. The zero-order valence-electron chi connectivity index (χ0n) is 14.2. The number of carbonyl (C=O) groups is 1. The lowest BCUT2D eigenvalue weighted by atomic mass is 10.0. The first-order valence-electron chi connectivity index (χ1n) is 8.10. The Labute approximate surface area is 142 Å². The number of hydrogen-bond acceptors (Lipinski definition) is 4. The number of hydrazine groups is 1. The maximum Gasteiger partial charge on any atom is 0.242 e. The van der Waals surface area contributed by atoms with Crippen LogP contribution in [0, 0.1) is 13.8 Å². The summed E-state index contributed by atoms with van der Waals surface area (Å²) in [6.07, 6.45) is 0.697. The maximum atomic E-state index is 12.5. The Morgan fingerprint density at radius 1 is 1.12 bits per heavy atom. The fourth-order valence-corrected chi connectivity index (χ4v) is 2.87. The second-order valence-corrected chi connectivity index (χ2v) is 6.21. The molecule has 1 heterocycles. The number of rotatable bonds is 4. The second-order valence-electron chi connectivity index (χ2n) is 6.21. The first-order valence-corrected chi connectivity index (χ1v) is 8.10. The van der Waals surface area contributed by atoms with Gasteiger partial charge in [-0.3, -0.25) is 4.79 Å². The minimum Gasteiger partial charge on any atom is -0.497 e. The van der Waals surface area contributed by atoms with E-state index in [4.69, 9.17) is 4.74 Å². The number of ether oxygens (including phenoxy) is 1. The van der Waals surface area contributed by atoms with Crippen LogP contribution in [0.25, 0.3) is 0 Å². The summed E-state index contributed by atoms with van der Waals surface area (Å²) in [5.41, 5.74) is 10.5. The highest BCUT2D eigenvalue weighted by molar-refractivity contribution is 5.95. The van der Waals surface area contributed by atoms with E-state index in [1.165, 1.54) is 0 Å². The fourth-order valence-electron chi connectivity index (χ4n) is 2.87. The monoisotopic (exact) mass is 325 g/mol. The lowest BCUT2D eigenvalue weighted by Gasteiger charge is -2.13. The van der Waals surface area contributed by atoms with Gasteiger partial charge in [-0.05, 0) is 55.2 Å². The topological polar surface area (TPSA) is 62.4 Å². The van der Waals surface area contributed by atoms with Crippen LogP contribution in [-0.4, -0.2) is 19.1 Å². The molecule has 24 heavy (non-hydrogen) atoms. The highest BCUT2D eigenvalue weighted by Crippen LogP contribution is 2.25. The molecular formula is C19H23N3O2. The van der Waals surface area contributed by atoms with Crippen LogP contribution >= 0.6 is 0 Å². The van der Waals surface area contributed by atoms with Crippen LogP contribution in [0.15, 0.2) is 42.5 Å². The van der Waals surface area contributed by atoms with Gasteiger partial charge in [-0.1, -0.05) is 24.3 Å². The van der Waals surface area contributed by atoms with Gasteiger partial charge in [-0.2, -0.15) is 0 Å². The van der Waals surface area contributed by atoms with Gasteiger partial charge >= 0.3 is 0 Å². The van der Waals surface area contributed by atoms with E-state index in [1.807, 2.05) is 56.3 Å². The first kappa shape index (κ1) is 16.5. The Balaban J connectivity index is 1.64. The quantitative estimate of drug-likeness (QED) is 0.809. The van der Waals surface area contributed by atoms with Crippen molar-refractivity contribution in [2.45, 2.75) is 32.4 Å². The molecule has 2 atom stereocenters. The first-order chi connectivity index (χ1) is 11.6. The van der Waals surface area contributed by atoms with E-state index in [-0.39, 0.29) is 18.0 Å². The van der Waals surface area contributed by atoms with E-state index in [0.29, 0.717) is 6.42 Å². The largest absolute Gasteiger partial charge is 0.497 e. The van der Waals surface area contributed by atoms with Gasteiger partial charge in [0.15, 0.2) is 0 Å². The molecule has 5 heteroatoms. The number of benzene rings is 2. The van der Waals surface area contributed by atoms with Gasteiger partial charge in [-0.25, -0.2) is 10.9 Å². The van der Waals surface area contributed by atoms with E-state index < -0.39 is 0 Å². The summed E-state index contributed by atoms with van der Waals surface area (Å²) in [6.45, 7) is 4.01. The molecule has 5 nitrogen and oxygen atoms in total. The predicted molar refractivity (Wildman–Crippen MR) is 95.0 cm³/mol. The Kier molecular flexibility index (Phi) is 4.83. The minimum atomic E-state index is -0.267. The normalized spacial score (nSPS) is 20.0. The van der Waals surface area contributed by atoms with E-state index in [9.17, 15) is 4.79 Å². The SMILES string of the molecule is COc1ccc(C2CC(C(=O)Nc3cc(C)ccc3C)NN2)cc1. The predicted octanol–water partition coefficient (Wildman–Crippen LogP) is 2.86. The number of amides is 1. The van der Waals surface area contributed by atoms with Crippen LogP contribution in [0.4, 0.5) is 5.69 Å². The van der Waals surface area contributed by atoms with Gasteiger partial charge in [0.1, 0.15) is 11.8 Å². The lowest BCUT2D eigenvalue weighted by molar-refractivity contribution is -0.117. The number of methoxy groups -OCH3 is 1. The Morgan fingerprint density at radius 3 is 2.58 bits per heavy atom. The molecule has 0 bridgehead atoms. The number of hydrogen-bond donors (Lipinski definition) is 3. The van der Waals surface area contributed by atoms with Gasteiger partial charge in [0.25, 0.3) is 0 Å². The molecule has 2 unspecified atom stereocenters. The van der Waals surface area contributed by atoms with Crippen molar-refractivity contribution < 1.29 is 9.53 Å². The van der Waals surface area contributed by atoms with Crippen molar-refractivity contribution in [1.29, 1.82) is 0 Å². The zero-order chi connectivity index (χ0) is 17.1. The van der Waals surface area contributed by atoms with Crippen molar-refractivity contribution in [3.05, 3.63) is 59.2 Å². The average Bonchev–Trinajstić information content (AvgIpc) is 3.08. The maximum absolute atomic E-state index is 12.5. The summed E-state index contributed by atoms with van der Waals surface area (Å²) in [6, 6.07) is 13.8. The molecule has 3 rings (SSSR count). The van der Waals surface area contributed by atoms with Crippen molar-refractivity contribution in [2.75, 3.05) is 12.4 Å². The Bertz CT molecular complexity index is 728. The van der Waals surface area contributed by atoms with Crippen LogP contribution in [0.2, 0.25) is 0 Å². The van der Waals surface area contributed by atoms with E-state index in [1.54, 1.807) is 7.11 Å². The summed E-state index contributed by atoms with van der Waals surface area (Å²) >= 11 is 0. The molecule has 1 amide bonds. The third kappa shape index (κ3) is 3.58. The summed E-state index contributed by atoms with van der Waals surface area (Å²) in [5, 5.41) is 3.02. The summed E-state index contributed by atoms with van der Waals surface area (Å²) in [4.78, 5) is 12.5. The van der Waals surface area contributed by atoms with Crippen LogP contribution in [0.5, 0.6) is 5.75 Å². The highest BCUT2D eigenvalue weighted by Gasteiger charge is 2.30. The molecule has 0 aliphatic carbocycles. The van der Waals surface area contributed by atoms with Gasteiger partial charge in [0, 0.05) is 11.7 Å². The number of aryl methyl sites for hydroxylation is 2. The number of anilines is 1. The summed E-state index contributed by atoms with van der Waals surface area (Å²) < 4.78 is 5.18. The third-order valence-corrected chi connectivity index (χ3v) is 4.39. The van der Waals surface area contributed by atoms with Crippen LogP contribution in [-0.2, 0) is 4.79 Å². The Hall–Kier alpha value is -2.37. The molecule has 2 aromatic carbocycles. The van der Waals surface area contributed by atoms with Gasteiger partial charge in [0.05, 0.1) is 7.11 Å². The molecule has 1 aliphatic rings.